The van der Waals surface area contributed by atoms with Gasteiger partial charge in [0.05, 0.1) is 0 Å². The summed E-state index contributed by atoms with van der Waals surface area (Å²) in [6.07, 6.45) is 10.5. The van der Waals surface area contributed by atoms with Crippen molar-refractivity contribution in [3.05, 3.63) is 18.2 Å². The van der Waals surface area contributed by atoms with Gasteiger partial charge in [-0.05, 0) is 50.6 Å². The number of likely N-dealkylation sites (tertiary alicyclic amines) is 1. The van der Waals surface area contributed by atoms with Crippen LogP contribution in [-0.4, -0.2) is 34.0 Å². The minimum atomic E-state index is 0.572. The van der Waals surface area contributed by atoms with Crippen molar-refractivity contribution in [2.24, 2.45) is 5.41 Å². The number of nitrogens with zero attached hydrogens (tertiary/aromatic N) is 2. The van der Waals surface area contributed by atoms with Gasteiger partial charge in [-0.15, -0.1) is 0 Å². The smallest absolute Gasteiger partial charge is 0.109 e. The highest BCUT2D eigenvalue weighted by atomic mass is 15.2. The summed E-state index contributed by atoms with van der Waals surface area (Å²) in [5.74, 6) is 1.85. The Hall–Kier alpha value is -0.830. The summed E-state index contributed by atoms with van der Waals surface area (Å²) in [6, 6.07) is 0.845. The Morgan fingerprint density at radius 1 is 1.28 bits per heavy atom. The number of hydrogen-bond acceptors (Lipinski definition) is 2. The highest BCUT2D eigenvalue weighted by Crippen LogP contribution is 2.40. The molecule has 0 aromatic carbocycles. The Bertz CT molecular complexity index is 374. The zero-order valence-electron chi connectivity index (χ0n) is 11.7. The zero-order valence-corrected chi connectivity index (χ0v) is 11.7. The van der Waals surface area contributed by atoms with Gasteiger partial charge >= 0.3 is 0 Å². The molecular formula is C15H25N3. The third-order valence-electron chi connectivity index (χ3n) is 4.89. The van der Waals surface area contributed by atoms with E-state index >= 15 is 0 Å². The lowest BCUT2D eigenvalue weighted by Gasteiger charge is -2.36. The molecular weight excluding hydrogens is 222 g/mol. The second-order valence-corrected chi connectivity index (χ2v) is 6.85. The number of piperidine rings is 1. The van der Waals surface area contributed by atoms with E-state index in [1.807, 2.05) is 12.4 Å². The Balaban J connectivity index is 1.54. The number of H-pyrrole nitrogens is 1. The van der Waals surface area contributed by atoms with Crippen LogP contribution in [0.25, 0.3) is 0 Å². The average Bonchev–Trinajstić information content (AvgIpc) is 2.98. The molecule has 1 aliphatic heterocycles. The topological polar surface area (TPSA) is 31.9 Å². The molecule has 0 bridgehead atoms. The Morgan fingerprint density at radius 2 is 2.06 bits per heavy atom. The van der Waals surface area contributed by atoms with Crippen molar-refractivity contribution >= 4 is 0 Å². The maximum absolute atomic E-state index is 4.41. The van der Waals surface area contributed by atoms with Crippen molar-refractivity contribution < 1.29 is 0 Å². The molecule has 1 N–H and O–H groups in total. The van der Waals surface area contributed by atoms with Gasteiger partial charge in [-0.3, -0.25) is 0 Å². The normalized spacial score (nSPS) is 29.8. The number of imidazole rings is 1. The first-order chi connectivity index (χ1) is 8.64. The van der Waals surface area contributed by atoms with Gasteiger partial charge in [-0.25, -0.2) is 4.98 Å². The molecule has 1 atom stereocenters. The van der Waals surface area contributed by atoms with E-state index in [2.05, 4.69) is 28.7 Å². The van der Waals surface area contributed by atoms with Crippen LogP contribution in [0.3, 0.4) is 0 Å². The first-order valence-electron chi connectivity index (χ1n) is 7.37. The van der Waals surface area contributed by atoms with Crippen molar-refractivity contribution in [1.29, 1.82) is 0 Å². The van der Waals surface area contributed by atoms with Crippen LogP contribution >= 0.6 is 0 Å². The van der Waals surface area contributed by atoms with Crippen LogP contribution in [0, 0.1) is 5.41 Å². The van der Waals surface area contributed by atoms with Crippen molar-refractivity contribution in [2.75, 3.05) is 13.1 Å². The Labute approximate surface area is 110 Å². The molecule has 1 saturated carbocycles. The van der Waals surface area contributed by atoms with Crippen molar-refractivity contribution in [3.63, 3.8) is 0 Å². The molecule has 18 heavy (non-hydrogen) atoms. The average molecular weight is 247 g/mol. The van der Waals surface area contributed by atoms with E-state index in [9.17, 15) is 0 Å². The second kappa shape index (κ2) is 4.69. The van der Waals surface area contributed by atoms with Gasteiger partial charge in [0.25, 0.3) is 0 Å². The van der Waals surface area contributed by atoms with E-state index in [0.29, 0.717) is 11.3 Å². The summed E-state index contributed by atoms with van der Waals surface area (Å²) in [6.45, 7) is 7.35. The first-order valence-corrected chi connectivity index (χ1v) is 7.37. The maximum Gasteiger partial charge on any atom is 0.109 e. The summed E-state index contributed by atoms with van der Waals surface area (Å²) in [5.41, 5.74) is 0.572. The predicted molar refractivity (Wildman–Crippen MR) is 73.6 cm³/mol. The lowest BCUT2D eigenvalue weighted by atomic mass is 9.90. The summed E-state index contributed by atoms with van der Waals surface area (Å²) in [5, 5.41) is 0. The predicted octanol–water partition coefficient (Wildman–Crippen LogP) is 3.17. The summed E-state index contributed by atoms with van der Waals surface area (Å²) in [4.78, 5) is 10.4. The highest BCUT2D eigenvalue weighted by Gasteiger charge is 2.35. The molecule has 2 fully saturated rings. The molecule has 3 heteroatoms. The molecule has 3 nitrogen and oxygen atoms in total. The molecule has 1 unspecified atom stereocenters. The third-order valence-corrected chi connectivity index (χ3v) is 4.89. The van der Waals surface area contributed by atoms with E-state index in [1.54, 1.807) is 0 Å². The number of nitrogens with one attached hydrogen (secondary N) is 1. The molecule has 2 aliphatic rings. The van der Waals surface area contributed by atoms with E-state index in [4.69, 9.17) is 0 Å². The van der Waals surface area contributed by atoms with E-state index in [1.165, 1.54) is 51.0 Å². The molecule has 0 amide bonds. The summed E-state index contributed by atoms with van der Waals surface area (Å²) < 4.78 is 0. The number of aromatic nitrogens is 2. The maximum atomic E-state index is 4.41. The minimum Gasteiger partial charge on any atom is -0.348 e. The van der Waals surface area contributed by atoms with Crippen LogP contribution in [0.1, 0.15) is 57.7 Å². The zero-order chi connectivity index (χ0) is 12.6. The van der Waals surface area contributed by atoms with Gasteiger partial charge in [0.1, 0.15) is 5.82 Å². The standard InChI is InChI=1S/C15H25N3/c1-15(2)6-3-13(11-15)18-9-4-12(5-10-18)14-16-7-8-17-14/h7-8,12-13H,3-6,9-11H2,1-2H3,(H,16,17). The van der Waals surface area contributed by atoms with Gasteiger partial charge in [-0.1, -0.05) is 13.8 Å². The second-order valence-electron chi connectivity index (χ2n) is 6.85. The number of rotatable bonds is 2. The minimum absolute atomic E-state index is 0.572. The van der Waals surface area contributed by atoms with Crippen LogP contribution in [0.2, 0.25) is 0 Å². The molecule has 0 spiro atoms. The molecule has 1 aliphatic carbocycles. The Morgan fingerprint density at radius 3 is 2.61 bits per heavy atom. The van der Waals surface area contributed by atoms with Gasteiger partial charge < -0.3 is 9.88 Å². The van der Waals surface area contributed by atoms with Crippen molar-refractivity contribution in [3.8, 4) is 0 Å². The van der Waals surface area contributed by atoms with E-state index in [0.717, 1.165) is 6.04 Å². The van der Waals surface area contributed by atoms with Crippen LogP contribution < -0.4 is 0 Å². The van der Waals surface area contributed by atoms with Crippen LogP contribution in [-0.2, 0) is 0 Å². The molecule has 1 aromatic heterocycles. The van der Waals surface area contributed by atoms with E-state index < -0.39 is 0 Å². The summed E-state index contributed by atoms with van der Waals surface area (Å²) >= 11 is 0. The molecule has 3 rings (SSSR count). The fourth-order valence-electron chi connectivity index (χ4n) is 3.75. The van der Waals surface area contributed by atoms with Gasteiger partial charge in [0.15, 0.2) is 0 Å². The van der Waals surface area contributed by atoms with Crippen molar-refractivity contribution in [1.82, 2.24) is 14.9 Å². The van der Waals surface area contributed by atoms with Crippen molar-refractivity contribution in [2.45, 2.75) is 57.9 Å². The largest absolute Gasteiger partial charge is 0.348 e. The third kappa shape index (κ3) is 2.46. The fourth-order valence-corrected chi connectivity index (χ4v) is 3.75. The van der Waals surface area contributed by atoms with Crippen LogP contribution in [0.5, 0.6) is 0 Å². The Kier molecular flexibility index (Phi) is 3.18. The molecule has 2 heterocycles. The first kappa shape index (κ1) is 12.2. The van der Waals surface area contributed by atoms with Gasteiger partial charge in [0, 0.05) is 24.4 Å². The lowest BCUT2D eigenvalue weighted by Crippen LogP contribution is -2.40. The van der Waals surface area contributed by atoms with Gasteiger partial charge in [0.2, 0.25) is 0 Å². The quantitative estimate of drug-likeness (QED) is 0.870. The van der Waals surface area contributed by atoms with Crippen LogP contribution in [0.15, 0.2) is 12.4 Å². The summed E-state index contributed by atoms with van der Waals surface area (Å²) in [7, 11) is 0. The van der Waals surface area contributed by atoms with Crippen LogP contribution in [0.4, 0.5) is 0 Å². The van der Waals surface area contributed by atoms with Gasteiger partial charge in [-0.2, -0.15) is 0 Å². The van der Waals surface area contributed by atoms with E-state index in [-0.39, 0.29) is 0 Å². The monoisotopic (exact) mass is 247 g/mol. The lowest BCUT2D eigenvalue weighted by molar-refractivity contribution is 0.144. The molecule has 0 radical (unpaired) electrons. The number of aromatic amines is 1. The molecule has 100 valence electrons. The molecule has 1 aromatic rings. The highest BCUT2D eigenvalue weighted by molar-refractivity contribution is 5.00. The molecule has 1 saturated heterocycles. The fraction of sp³-hybridized carbons (Fsp3) is 0.800. The SMILES string of the molecule is CC1(C)CCC(N2CCC(c3ncc[nH]3)CC2)C1. The number of hydrogen-bond donors (Lipinski definition) is 1.